The van der Waals surface area contributed by atoms with E-state index in [4.69, 9.17) is 9.47 Å². The molecule has 0 spiro atoms. The van der Waals surface area contributed by atoms with Gasteiger partial charge in [-0.25, -0.2) is 4.98 Å². The number of thioether (sulfide) groups is 1. The molecule has 2 amide bonds. The fourth-order valence-corrected chi connectivity index (χ4v) is 4.18. The van der Waals surface area contributed by atoms with Crippen LogP contribution >= 0.6 is 11.8 Å². The number of aryl methyl sites for hydroxylation is 1. The van der Waals surface area contributed by atoms with Crippen LogP contribution in [0.5, 0.6) is 17.4 Å². The maximum absolute atomic E-state index is 12.9. The predicted molar refractivity (Wildman–Crippen MR) is 127 cm³/mol. The number of nitrogens with zero attached hydrogens (tertiary/aromatic N) is 3. The molecule has 172 valence electrons. The number of pyridine rings is 1. The summed E-state index contributed by atoms with van der Waals surface area (Å²) < 4.78 is 11.0. The number of imide groups is 1. The van der Waals surface area contributed by atoms with E-state index < -0.39 is 4.92 Å². The lowest BCUT2D eigenvalue weighted by Gasteiger charge is -2.13. The summed E-state index contributed by atoms with van der Waals surface area (Å²) in [5.41, 5.74) is 2.23. The summed E-state index contributed by atoms with van der Waals surface area (Å²) in [7, 11) is 1.43. The van der Waals surface area contributed by atoms with E-state index in [9.17, 15) is 19.7 Å². The second kappa shape index (κ2) is 9.75. The van der Waals surface area contributed by atoms with Crippen molar-refractivity contribution in [2.24, 2.45) is 0 Å². The topological polar surface area (TPSA) is 112 Å². The van der Waals surface area contributed by atoms with Gasteiger partial charge in [0.1, 0.15) is 0 Å². The molecular weight excluding hydrogens is 458 g/mol. The molecule has 1 saturated heterocycles. The van der Waals surface area contributed by atoms with Gasteiger partial charge in [0, 0.05) is 12.3 Å². The molecule has 1 aliphatic rings. The molecule has 34 heavy (non-hydrogen) atoms. The SMILES string of the molecule is COc1cc(/C=C2\SC(=O)N(Cc3cccc(C)c3)C2=O)ccc1Oc1ncccc1[N+](=O)[O-]. The Morgan fingerprint density at radius 2 is 1.94 bits per heavy atom. The number of benzene rings is 2. The van der Waals surface area contributed by atoms with Gasteiger partial charge in [0.2, 0.25) is 0 Å². The van der Waals surface area contributed by atoms with Crippen LogP contribution in [0.25, 0.3) is 6.08 Å². The largest absolute Gasteiger partial charge is 0.493 e. The molecule has 2 aromatic carbocycles. The van der Waals surface area contributed by atoms with Crippen molar-refractivity contribution in [2.75, 3.05) is 7.11 Å². The lowest BCUT2D eigenvalue weighted by molar-refractivity contribution is -0.386. The summed E-state index contributed by atoms with van der Waals surface area (Å²) in [5, 5.41) is 10.9. The van der Waals surface area contributed by atoms with Gasteiger partial charge in [0.15, 0.2) is 11.5 Å². The second-order valence-corrected chi connectivity index (χ2v) is 8.35. The van der Waals surface area contributed by atoms with E-state index in [0.29, 0.717) is 5.56 Å². The Kier molecular flexibility index (Phi) is 6.60. The molecule has 1 fully saturated rings. The molecule has 0 unspecified atom stereocenters. The molecule has 0 radical (unpaired) electrons. The average molecular weight is 477 g/mol. The van der Waals surface area contributed by atoms with Crippen LogP contribution in [0.2, 0.25) is 0 Å². The maximum atomic E-state index is 12.9. The molecule has 0 bridgehead atoms. The number of nitro groups is 1. The number of carbonyl (C=O) groups excluding carboxylic acids is 2. The highest BCUT2D eigenvalue weighted by atomic mass is 32.2. The minimum absolute atomic E-state index is 0.171. The van der Waals surface area contributed by atoms with Gasteiger partial charge in [-0.1, -0.05) is 35.9 Å². The summed E-state index contributed by atoms with van der Waals surface area (Å²) in [6, 6.07) is 15.2. The Morgan fingerprint density at radius 3 is 2.68 bits per heavy atom. The van der Waals surface area contributed by atoms with Gasteiger partial charge in [-0.05, 0) is 54.1 Å². The first-order valence-electron chi connectivity index (χ1n) is 10.1. The average Bonchev–Trinajstić information content (AvgIpc) is 3.07. The van der Waals surface area contributed by atoms with E-state index in [1.54, 1.807) is 24.3 Å². The molecule has 0 saturated carbocycles. The highest BCUT2D eigenvalue weighted by molar-refractivity contribution is 8.18. The van der Waals surface area contributed by atoms with Crippen LogP contribution in [0.3, 0.4) is 0 Å². The van der Waals surface area contributed by atoms with E-state index in [-0.39, 0.29) is 45.7 Å². The second-order valence-electron chi connectivity index (χ2n) is 7.35. The Balaban J connectivity index is 1.56. The van der Waals surface area contributed by atoms with E-state index >= 15 is 0 Å². The van der Waals surface area contributed by atoms with Crippen molar-refractivity contribution in [3.63, 3.8) is 0 Å². The van der Waals surface area contributed by atoms with Crippen LogP contribution < -0.4 is 9.47 Å². The maximum Gasteiger partial charge on any atom is 0.331 e. The number of hydrogen-bond acceptors (Lipinski definition) is 8. The van der Waals surface area contributed by atoms with Crippen LogP contribution in [-0.2, 0) is 11.3 Å². The zero-order valence-corrected chi connectivity index (χ0v) is 19.1. The quantitative estimate of drug-likeness (QED) is 0.255. The Labute approximate surface area is 199 Å². The molecule has 0 atom stereocenters. The summed E-state index contributed by atoms with van der Waals surface area (Å²) in [6.45, 7) is 2.15. The Bertz CT molecular complexity index is 1320. The zero-order chi connectivity index (χ0) is 24.2. The third kappa shape index (κ3) is 4.91. The first-order chi connectivity index (χ1) is 16.4. The lowest BCUT2D eigenvalue weighted by atomic mass is 10.1. The third-order valence-corrected chi connectivity index (χ3v) is 5.84. The molecule has 2 heterocycles. The smallest absolute Gasteiger partial charge is 0.331 e. The van der Waals surface area contributed by atoms with Gasteiger partial charge in [-0.15, -0.1) is 0 Å². The zero-order valence-electron chi connectivity index (χ0n) is 18.3. The van der Waals surface area contributed by atoms with Gasteiger partial charge < -0.3 is 9.47 Å². The highest BCUT2D eigenvalue weighted by Crippen LogP contribution is 2.37. The number of ether oxygens (including phenoxy) is 2. The number of carbonyl (C=O) groups is 2. The molecule has 3 aromatic rings. The monoisotopic (exact) mass is 477 g/mol. The number of hydrogen-bond donors (Lipinski definition) is 0. The fourth-order valence-electron chi connectivity index (χ4n) is 3.34. The molecular formula is C24H19N3O6S. The number of aromatic nitrogens is 1. The number of rotatable bonds is 7. The summed E-state index contributed by atoms with van der Waals surface area (Å²) in [6.07, 6.45) is 2.98. The molecule has 10 heteroatoms. The predicted octanol–water partition coefficient (Wildman–Crippen LogP) is 5.34. The molecule has 0 aliphatic carbocycles. The van der Waals surface area contributed by atoms with Gasteiger partial charge in [-0.2, -0.15) is 0 Å². The standard InChI is InChI=1S/C24H19N3O6S/c1-15-5-3-6-17(11-15)14-26-23(28)21(34-24(26)29)13-16-8-9-19(20(12-16)32-2)33-22-18(27(30)31)7-4-10-25-22/h3-13H,14H2,1-2H3/b21-13-. The van der Waals surface area contributed by atoms with Gasteiger partial charge >= 0.3 is 5.69 Å². The molecule has 4 rings (SSSR count). The van der Waals surface area contributed by atoms with Crippen molar-refractivity contribution in [1.29, 1.82) is 0 Å². The first kappa shape index (κ1) is 23.0. The Morgan fingerprint density at radius 1 is 1.12 bits per heavy atom. The Hall–Kier alpha value is -4.18. The lowest BCUT2D eigenvalue weighted by Crippen LogP contribution is -2.27. The van der Waals surface area contributed by atoms with Gasteiger partial charge in [0.05, 0.1) is 23.5 Å². The highest BCUT2D eigenvalue weighted by Gasteiger charge is 2.35. The van der Waals surface area contributed by atoms with Crippen LogP contribution in [0.1, 0.15) is 16.7 Å². The third-order valence-electron chi connectivity index (χ3n) is 4.94. The molecule has 0 N–H and O–H groups in total. The number of amides is 2. The molecule has 9 nitrogen and oxygen atoms in total. The normalized spacial score (nSPS) is 14.5. The van der Waals surface area contributed by atoms with E-state index in [0.717, 1.165) is 22.9 Å². The first-order valence-corrected chi connectivity index (χ1v) is 10.9. The minimum atomic E-state index is -0.587. The van der Waals surface area contributed by atoms with Crippen molar-refractivity contribution in [2.45, 2.75) is 13.5 Å². The summed E-state index contributed by atoms with van der Waals surface area (Å²) in [4.78, 5) is 41.4. The van der Waals surface area contributed by atoms with Crippen molar-refractivity contribution in [3.05, 3.63) is 92.5 Å². The van der Waals surface area contributed by atoms with Crippen LogP contribution in [-0.4, -0.2) is 33.1 Å². The number of methoxy groups -OCH3 is 1. The molecule has 1 aliphatic heterocycles. The van der Waals surface area contributed by atoms with Gasteiger partial charge in [-0.3, -0.25) is 24.6 Å². The van der Waals surface area contributed by atoms with Crippen molar-refractivity contribution < 1.29 is 24.0 Å². The van der Waals surface area contributed by atoms with E-state index in [2.05, 4.69) is 4.98 Å². The van der Waals surface area contributed by atoms with Crippen molar-refractivity contribution >= 4 is 34.7 Å². The van der Waals surface area contributed by atoms with Gasteiger partial charge in [0.25, 0.3) is 17.0 Å². The summed E-state index contributed by atoms with van der Waals surface area (Å²) in [5.74, 6) is -0.0441. The van der Waals surface area contributed by atoms with E-state index in [1.807, 2.05) is 31.2 Å². The van der Waals surface area contributed by atoms with Crippen LogP contribution in [0.4, 0.5) is 10.5 Å². The van der Waals surface area contributed by atoms with Crippen LogP contribution in [0.15, 0.2) is 65.7 Å². The molecule has 1 aromatic heterocycles. The van der Waals surface area contributed by atoms with Crippen molar-refractivity contribution in [3.8, 4) is 17.4 Å². The van der Waals surface area contributed by atoms with E-state index in [1.165, 1.54) is 30.3 Å². The van der Waals surface area contributed by atoms with Crippen molar-refractivity contribution in [1.82, 2.24) is 9.88 Å². The fraction of sp³-hybridized carbons (Fsp3) is 0.125. The van der Waals surface area contributed by atoms with Crippen LogP contribution in [0, 0.1) is 17.0 Å². The summed E-state index contributed by atoms with van der Waals surface area (Å²) >= 11 is 0.867. The minimum Gasteiger partial charge on any atom is -0.493 e.